The molecule has 0 saturated heterocycles. The van der Waals surface area contributed by atoms with E-state index >= 15 is 0 Å². The van der Waals surface area contributed by atoms with E-state index in [0.717, 1.165) is 11.1 Å². The summed E-state index contributed by atoms with van der Waals surface area (Å²) in [5.41, 5.74) is 1.79. The van der Waals surface area contributed by atoms with Crippen LogP contribution in [0.25, 0.3) is 0 Å². The normalized spacial score (nSPS) is 10.4. The maximum Gasteiger partial charge on any atom is 0.170 e. The molecule has 0 aliphatic heterocycles. The predicted octanol–water partition coefficient (Wildman–Crippen LogP) is 4.21. The molecule has 0 bridgehead atoms. The molecule has 0 aliphatic carbocycles. The van der Waals surface area contributed by atoms with Crippen molar-refractivity contribution in [1.82, 2.24) is 0 Å². The highest BCUT2D eigenvalue weighted by molar-refractivity contribution is 6.30. The Bertz CT molecular complexity index is 593. The number of carbonyl (C=O) groups excluding carboxylic acids is 1. The molecule has 18 heavy (non-hydrogen) atoms. The van der Waals surface area contributed by atoms with Gasteiger partial charge in [0.15, 0.2) is 5.78 Å². The number of ketones is 1. The van der Waals surface area contributed by atoms with Gasteiger partial charge in [-0.3, -0.25) is 4.79 Å². The Morgan fingerprint density at radius 3 is 2.72 bits per heavy atom. The molecule has 0 heterocycles. The van der Waals surface area contributed by atoms with Crippen LogP contribution >= 0.6 is 11.6 Å². The molecule has 0 saturated carbocycles. The molecule has 0 amide bonds. The summed E-state index contributed by atoms with van der Waals surface area (Å²) in [6.45, 7) is 1.83. The zero-order valence-electron chi connectivity index (χ0n) is 9.91. The van der Waals surface area contributed by atoms with E-state index in [9.17, 15) is 9.18 Å². The number of rotatable bonds is 3. The molecule has 0 aromatic heterocycles. The van der Waals surface area contributed by atoms with Gasteiger partial charge in [-0.15, -0.1) is 0 Å². The monoisotopic (exact) mass is 262 g/mol. The van der Waals surface area contributed by atoms with Gasteiger partial charge in [-0.2, -0.15) is 0 Å². The van der Waals surface area contributed by atoms with Gasteiger partial charge >= 0.3 is 0 Å². The lowest BCUT2D eigenvalue weighted by Gasteiger charge is -2.04. The van der Waals surface area contributed by atoms with Crippen LogP contribution in [0.4, 0.5) is 4.39 Å². The van der Waals surface area contributed by atoms with E-state index in [1.54, 1.807) is 36.4 Å². The lowest BCUT2D eigenvalue weighted by molar-refractivity contribution is 0.0989. The molecule has 0 aliphatic rings. The van der Waals surface area contributed by atoms with Crippen molar-refractivity contribution in [2.75, 3.05) is 0 Å². The fourth-order valence-electron chi connectivity index (χ4n) is 1.78. The molecule has 2 aromatic carbocycles. The molecule has 0 fully saturated rings. The van der Waals surface area contributed by atoms with E-state index in [1.165, 1.54) is 6.07 Å². The van der Waals surface area contributed by atoms with Gasteiger partial charge in [-0.1, -0.05) is 35.4 Å². The van der Waals surface area contributed by atoms with Crippen LogP contribution in [-0.2, 0) is 6.42 Å². The molecule has 0 unspecified atom stereocenters. The summed E-state index contributed by atoms with van der Waals surface area (Å²) in [6.07, 6.45) is 0.154. The minimum Gasteiger partial charge on any atom is -0.294 e. The average Bonchev–Trinajstić information content (AvgIpc) is 2.32. The SMILES string of the molecule is Cc1ccc(F)c(C(=O)Cc2cccc(Cl)c2)c1. The number of hydrogen-bond acceptors (Lipinski definition) is 1. The van der Waals surface area contributed by atoms with E-state index < -0.39 is 5.82 Å². The van der Waals surface area contributed by atoms with Crippen LogP contribution in [0.3, 0.4) is 0 Å². The van der Waals surface area contributed by atoms with E-state index in [1.807, 2.05) is 6.92 Å². The van der Waals surface area contributed by atoms with Gasteiger partial charge in [-0.05, 0) is 36.8 Å². The maximum absolute atomic E-state index is 13.6. The minimum absolute atomic E-state index is 0.134. The van der Waals surface area contributed by atoms with E-state index in [4.69, 9.17) is 11.6 Å². The van der Waals surface area contributed by atoms with Crippen LogP contribution < -0.4 is 0 Å². The molecule has 92 valence electrons. The topological polar surface area (TPSA) is 17.1 Å². The Hall–Kier alpha value is -1.67. The third-order valence-electron chi connectivity index (χ3n) is 2.68. The van der Waals surface area contributed by atoms with Crippen molar-refractivity contribution in [3.8, 4) is 0 Å². The molecular formula is C15H12ClFO. The summed E-state index contributed by atoms with van der Waals surface area (Å²) in [6, 6.07) is 11.6. The number of hydrogen-bond donors (Lipinski definition) is 0. The number of benzene rings is 2. The summed E-state index contributed by atoms with van der Waals surface area (Å²) >= 11 is 5.85. The number of aryl methyl sites for hydroxylation is 1. The summed E-state index contributed by atoms with van der Waals surface area (Å²) < 4.78 is 13.6. The standard InChI is InChI=1S/C15H12ClFO/c1-10-5-6-14(17)13(7-10)15(18)9-11-3-2-4-12(16)8-11/h2-8H,9H2,1H3. The first-order chi connectivity index (χ1) is 8.56. The molecule has 0 atom stereocenters. The van der Waals surface area contributed by atoms with Gasteiger partial charge in [0.2, 0.25) is 0 Å². The quantitative estimate of drug-likeness (QED) is 0.757. The van der Waals surface area contributed by atoms with Gasteiger partial charge in [0.1, 0.15) is 5.82 Å². The van der Waals surface area contributed by atoms with E-state index in [2.05, 4.69) is 0 Å². The Labute approximate surface area is 110 Å². The van der Waals surface area contributed by atoms with Crippen molar-refractivity contribution < 1.29 is 9.18 Å². The Morgan fingerprint density at radius 1 is 1.22 bits per heavy atom. The third-order valence-corrected chi connectivity index (χ3v) is 2.91. The second-order valence-electron chi connectivity index (χ2n) is 4.21. The predicted molar refractivity (Wildman–Crippen MR) is 70.6 cm³/mol. The van der Waals surface area contributed by atoms with E-state index in [0.29, 0.717) is 5.02 Å². The fraction of sp³-hybridized carbons (Fsp3) is 0.133. The largest absolute Gasteiger partial charge is 0.294 e. The molecule has 0 N–H and O–H groups in total. The van der Waals surface area contributed by atoms with Crippen molar-refractivity contribution in [1.29, 1.82) is 0 Å². The van der Waals surface area contributed by atoms with Gasteiger partial charge < -0.3 is 0 Å². The molecular weight excluding hydrogens is 251 g/mol. The van der Waals surface area contributed by atoms with Crippen LogP contribution in [-0.4, -0.2) is 5.78 Å². The van der Waals surface area contributed by atoms with Crippen molar-refractivity contribution >= 4 is 17.4 Å². The van der Waals surface area contributed by atoms with E-state index in [-0.39, 0.29) is 17.8 Å². The van der Waals surface area contributed by atoms with Crippen LogP contribution in [0, 0.1) is 12.7 Å². The van der Waals surface area contributed by atoms with Crippen LogP contribution in [0.1, 0.15) is 21.5 Å². The molecule has 2 aromatic rings. The lowest BCUT2D eigenvalue weighted by Crippen LogP contribution is -2.06. The molecule has 0 spiro atoms. The first kappa shape index (κ1) is 12.8. The molecule has 3 heteroatoms. The Balaban J connectivity index is 2.24. The minimum atomic E-state index is -0.479. The Morgan fingerprint density at radius 2 is 2.00 bits per heavy atom. The average molecular weight is 263 g/mol. The summed E-state index contributed by atoms with van der Waals surface area (Å²) in [4.78, 5) is 12.0. The van der Waals surface area contributed by atoms with Gasteiger partial charge in [0.05, 0.1) is 5.56 Å². The Kier molecular flexibility index (Phi) is 3.78. The third kappa shape index (κ3) is 2.96. The van der Waals surface area contributed by atoms with Gasteiger partial charge in [0, 0.05) is 11.4 Å². The van der Waals surface area contributed by atoms with Crippen molar-refractivity contribution in [3.63, 3.8) is 0 Å². The van der Waals surface area contributed by atoms with Gasteiger partial charge in [0.25, 0.3) is 0 Å². The van der Waals surface area contributed by atoms with Crippen LogP contribution in [0.15, 0.2) is 42.5 Å². The zero-order valence-corrected chi connectivity index (χ0v) is 10.7. The first-order valence-electron chi connectivity index (χ1n) is 5.60. The maximum atomic E-state index is 13.6. The van der Waals surface area contributed by atoms with Crippen molar-refractivity contribution in [2.24, 2.45) is 0 Å². The highest BCUT2D eigenvalue weighted by Crippen LogP contribution is 2.16. The van der Waals surface area contributed by atoms with Gasteiger partial charge in [-0.25, -0.2) is 4.39 Å². The summed E-state index contributed by atoms with van der Waals surface area (Å²) in [5, 5.41) is 0.574. The highest BCUT2D eigenvalue weighted by atomic mass is 35.5. The first-order valence-corrected chi connectivity index (χ1v) is 5.98. The summed E-state index contributed by atoms with van der Waals surface area (Å²) in [7, 11) is 0. The fourth-order valence-corrected chi connectivity index (χ4v) is 1.99. The highest BCUT2D eigenvalue weighted by Gasteiger charge is 2.12. The molecule has 2 rings (SSSR count). The zero-order chi connectivity index (χ0) is 13.1. The van der Waals surface area contributed by atoms with Crippen LogP contribution in [0.2, 0.25) is 5.02 Å². The summed E-state index contributed by atoms with van der Waals surface area (Å²) in [5.74, 6) is -0.717. The smallest absolute Gasteiger partial charge is 0.170 e. The number of carbonyl (C=O) groups is 1. The second-order valence-corrected chi connectivity index (χ2v) is 4.65. The van der Waals surface area contributed by atoms with Crippen LogP contribution in [0.5, 0.6) is 0 Å². The van der Waals surface area contributed by atoms with Crippen molar-refractivity contribution in [3.05, 3.63) is 70.0 Å². The second kappa shape index (κ2) is 5.32. The lowest BCUT2D eigenvalue weighted by atomic mass is 10.0. The molecule has 0 radical (unpaired) electrons. The van der Waals surface area contributed by atoms with Crippen molar-refractivity contribution in [2.45, 2.75) is 13.3 Å². The molecule has 1 nitrogen and oxygen atoms in total. The number of Topliss-reactive ketones (excluding diaryl/α,β-unsaturated/α-hetero) is 1. The number of halogens is 2.